The number of halogens is 1. The van der Waals surface area contributed by atoms with Gasteiger partial charge in [-0.2, -0.15) is 0 Å². The second kappa shape index (κ2) is 6.68. The van der Waals surface area contributed by atoms with Crippen LogP contribution in [0.3, 0.4) is 0 Å². The number of hydrogen-bond donors (Lipinski definition) is 3. The summed E-state index contributed by atoms with van der Waals surface area (Å²) in [5, 5.41) is 5.88. The number of rotatable bonds is 2. The monoisotopic (exact) mass is 350 g/mol. The number of nitrogens with one attached hydrogen (secondary N) is 2. The van der Waals surface area contributed by atoms with Gasteiger partial charge in [-0.05, 0) is 31.0 Å². The maximum atomic E-state index is 12.6. The molecule has 7 nitrogen and oxygen atoms in total. The molecule has 1 saturated carbocycles. The van der Waals surface area contributed by atoms with Gasteiger partial charge < -0.3 is 21.3 Å². The van der Waals surface area contributed by atoms with E-state index in [0.29, 0.717) is 5.69 Å². The largest absolute Gasteiger partial charge is 0.366 e. The summed E-state index contributed by atoms with van der Waals surface area (Å²) >= 11 is 6.00. The van der Waals surface area contributed by atoms with Crippen LogP contribution in [0.15, 0.2) is 18.2 Å². The predicted octanol–water partition coefficient (Wildman–Crippen LogP) is 1.71. The lowest BCUT2D eigenvalue weighted by atomic mass is 9.87. The number of carbonyl (C=O) groups is 3. The number of nitrogens with zero attached hydrogens (tertiary/aromatic N) is 1. The number of fused-ring (bicyclic) bond motifs is 1. The fourth-order valence-electron chi connectivity index (χ4n) is 3.39. The Morgan fingerprint density at radius 1 is 1.29 bits per heavy atom. The van der Waals surface area contributed by atoms with Crippen LogP contribution in [0.4, 0.5) is 10.5 Å². The van der Waals surface area contributed by atoms with Crippen molar-refractivity contribution < 1.29 is 14.4 Å². The van der Waals surface area contributed by atoms with Crippen LogP contribution in [0.2, 0.25) is 5.02 Å². The Kier molecular flexibility index (Phi) is 4.62. The SMILES string of the molecule is NC(=O)c1ccc(NC(=O)N2CC(=O)NC3CCCCC32)cc1Cl. The molecule has 2 fully saturated rings. The standard InChI is InChI=1S/C16H19ClN4O3/c17-11-7-9(5-6-10(11)15(18)23)19-16(24)21-8-14(22)20-12-3-1-2-4-13(12)21/h5-7,12-13H,1-4,8H2,(H2,18,23)(H,19,24)(H,20,22). The number of carbonyl (C=O) groups excluding carboxylic acids is 3. The smallest absolute Gasteiger partial charge is 0.322 e. The number of hydrogen-bond acceptors (Lipinski definition) is 3. The zero-order valence-corrected chi connectivity index (χ0v) is 13.8. The van der Waals surface area contributed by atoms with Gasteiger partial charge in [0.05, 0.1) is 16.6 Å². The molecule has 128 valence electrons. The van der Waals surface area contributed by atoms with Gasteiger partial charge in [-0.15, -0.1) is 0 Å². The van der Waals surface area contributed by atoms with E-state index in [9.17, 15) is 14.4 Å². The van der Waals surface area contributed by atoms with Crippen molar-refractivity contribution in [3.8, 4) is 0 Å². The molecule has 1 saturated heterocycles. The molecule has 1 aromatic rings. The fourth-order valence-corrected chi connectivity index (χ4v) is 3.66. The fraction of sp³-hybridized carbons (Fsp3) is 0.438. The number of amides is 4. The Bertz CT molecular complexity index is 694. The zero-order valence-electron chi connectivity index (χ0n) is 13.0. The minimum absolute atomic E-state index is 0.0109. The molecule has 24 heavy (non-hydrogen) atoms. The van der Waals surface area contributed by atoms with Crippen molar-refractivity contribution in [2.45, 2.75) is 37.8 Å². The van der Waals surface area contributed by atoms with E-state index in [0.717, 1.165) is 25.7 Å². The number of primary amides is 1. The van der Waals surface area contributed by atoms with Gasteiger partial charge in [0, 0.05) is 11.7 Å². The minimum atomic E-state index is -0.629. The molecular weight excluding hydrogens is 332 g/mol. The molecule has 1 heterocycles. The summed E-state index contributed by atoms with van der Waals surface area (Å²) in [6.45, 7) is 0.0418. The topological polar surface area (TPSA) is 105 Å². The molecule has 2 atom stereocenters. The van der Waals surface area contributed by atoms with Gasteiger partial charge in [0.2, 0.25) is 11.8 Å². The zero-order chi connectivity index (χ0) is 17.3. The number of urea groups is 1. The van der Waals surface area contributed by atoms with Gasteiger partial charge in [-0.25, -0.2) is 4.79 Å². The first-order valence-corrected chi connectivity index (χ1v) is 8.30. The first-order chi connectivity index (χ1) is 11.5. The van der Waals surface area contributed by atoms with Gasteiger partial charge in [0.15, 0.2) is 0 Å². The van der Waals surface area contributed by atoms with Crippen LogP contribution >= 0.6 is 11.6 Å². The predicted molar refractivity (Wildman–Crippen MR) is 89.9 cm³/mol. The third kappa shape index (κ3) is 3.31. The highest BCUT2D eigenvalue weighted by atomic mass is 35.5. The van der Waals surface area contributed by atoms with Crippen molar-refractivity contribution in [3.05, 3.63) is 28.8 Å². The molecule has 0 radical (unpaired) electrons. The Morgan fingerprint density at radius 2 is 2.04 bits per heavy atom. The summed E-state index contributed by atoms with van der Waals surface area (Å²) in [6.07, 6.45) is 3.86. The number of nitrogens with two attached hydrogens (primary N) is 1. The van der Waals surface area contributed by atoms with Crippen molar-refractivity contribution >= 4 is 35.1 Å². The first-order valence-electron chi connectivity index (χ1n) is 7.92. The summed E-state index contributed by atoms with van der Waals surface area (Å²) < 4.78 is 0. The van der Waals surface area contributed by atoms with E-state index >= 15 is 0 Å². The number of anilines is 1. The van der Waals surface area contributed by atoms with E-state index < -0.39 is 5.91 Å². The summed E-state index contributed by atoms with van der Waals surface area (Å²) in [5.74, 6) is -0.772. The minimum Gasteiger partial charge on any atom is -0.366 e. The Labute approximate surface area is 144 Å². The van der Waals surface area contributed by atoms with E-state index in [1.54, 1.807) is 11.0 Å². The molecule has 1 aliphatic carbocycles. The highest BCUT2D eigenvalue weighted by molar-refractivity contribution is 6.34. The van der Waals surface area contributed by atoms with Crippen molar-refractivity contribution in [1.29, 1.82) is 0 Å². The molecule has 0 spiro atoms. The van der Waals surface area contributed by atoms with Crippen molar-refractivity contribution in [2.75, 3.05) is 11.9 Å². The molecule has 0 bridgehead atoms. The number of piperazine rings is 1. The van der Waals surface area contributed by atoms with Crippen LogP contribution in [-0.4, -0.2) is 41.4 Å². The van der Waals surface area contributed by atoms with Crippen LogP contribution in [0, 0.1) is 0 Å². The Balaban J connectivity index is 1.75. The third-order valence-corrected chi connectivity index (χ3v) is 4.85. The quantitative estimate of drug-likeness (QED) is 0.756. The third-order valence-electron chi connectivity index (χ3n) is 4.54. The first kappa shape index (κ1) is 16.6. The van der Waals surface area contributed by atoms with Crippen LogP contribution < -0.4 is 16.4 Å². The molecule has 1 aliphatic heterocycles. The molecule has 2 aliphatic rings. The second-order valence-corrected chi connectivity index (χ2v) is 6.55. The number of benzene rings is 1. The van der Waals surface area contributed by atoms with Crippen molar-refractivity contribution in [2.24, 2.45) is 5.73 Å². The van der Waals surface area contributed by atoms with Crippen LogP contribution in [-0.2, 0) is 4.79 Å². The van der Waals surface area contributed by atoms with Crippen LogP contribution in [0.1, 0.15) is 36.0 Å². The molecule has 4 amide bonds. The van der Waals surface area contributed by atoms with Gasteiger partial charge >= 0.3 is 6.03 Å². The van der Waals surface area contributed by atoms with Crippen molar-refractivity contribution in [1.82, 2.24) is 10.2 Å². The lowest BCUT2D eigenvalue weighted by Gasteiger charge is -2.43. The average molecular weight is 351 g/mol. The molecular formula is C16H19ClN4O3. The lowest BCUT2D eigenvalue weighted by molar-refractivity contribution is -0.126. The summed E-state index contributed by atoms with van der Waals surface area (Å²) in [4.78, 5) is 37.2. The molecule has 2 unspecified atom stereocenters. The van der Waals surface area contributed by atoms with E-state index in [4.69, 9.17) is 17.3 Å². The highest BCUT2D eigenvalue weighted by Crippen LogP contribution is 2.27. The second-order valence-electron chi connectivity index (χ2n) is 6.14. The van der Waals surface area contributed by atoms with Gasteiger partial charge in [-0.3, -0.25) is 9.59 Å². The Hall–Kier alpha value is -2.28. The highest BCUT2D eigenvalue weighted by Gasteiger charge is 2.38. The van der Waals surface area contributed by atoms with E-state index in [1.807, 2.05) is 0 Å². The summed E-state index contributed by atoms with van der Waals surface area (Å²) in [6, 6.07) is 4.19. The Morgan fingerprint density at radius 3 is 2.75 bits per heavy atom. The van der Waals surface area contributed by atoms with E-state index in [1.165, 1.54) is 12.1 Å². The van der Waals surface area contributed by atoms with Crippen LogP contribution in [0.5, 0.6) is 0 Å². The van der Waals surface area contributed by atoms with E-state index in [-0.39, 0.29) is 41.2 Å². The maximum Gasteiger partial charge on any atom is 0.322 e. The van der Waals surface area contributed by atoms with Gasteiger partial charge in [0.1, 0.15) is 6.54 Å². The van der Waals surface area contributed by atoms with Crippen molar-refractivity contribution in [3.63, 3.8) is 0 Å². The molecule has 1 aromatic carbocycles. The lowest BCUT2D eigenvalue weighted by Crippen LogP contribution is -2.63. The van der Waals surface area contributed by atoms with Crippen LogP contribution in [0.25, 0.3) is 0 Å². The van der Waals surface area contributed by atoms with Gasteiger partial charge in [-0.1, -0.05) is 24.4 Å². The molecule has 3 rings (SSSR count). The summed E-state index contributed by atoms with van der Waals surface area (Å²) in [5.41, 5.74) is 5.85. The molecule has 0 aromatic heterocycles. The van der Waals surface area contributed by atoms with E-state index in [2.05, 4.69) is 10.6 Å². The molecule has 8 heteroatoms. The normalized spacial score (nSPS) is 23.2. The summed E-state index contributed by atoms with van der Waals surface area (Å²) in [7, 11) is 0. The average Bonchev–Trinajstić information content (AvgIpc) is 2.53. The van der Waals surface area contributed by atoms with Gasteiger partial charge in [0.25, 0.3) is 0 Å². The molecule has 4 N–H and O–H groups in total. The maximum absolute atomic E-state index is 12.6.